The van der Waals surface area contributed by atoms with E-state index in [1.165, 1.54) is 0 Å². The molecule has 0 spiro atoms. The second kappa shape index (κ2) is 6.40. The summed E-state index contributed by atoms with van der Waals surface area (Å²) in [6.45, 7) is 1.49. The third-order valence-electron chi connectivity index (χ3n) is 2.98. The molecule has 1 aromatic rings. The zero-order valence-electron chi connectivity index (χ0n) is 9.83. The lowest BCUT2D eigenvalue weighted by Crippen LogP contribution is -2.29. The Morgan fingerprint density at radius 2 is 2.28 bits per heavy atom. The molecule has 3 nitrogen and oxygen atoms in total. The molecule has 1 aromatic carbocycles. The highest BCUT2D eigenvalue weighted by Gasteiger charge is 2.18. The first-order chi connectivity index (χ1) is 8.70. The fourth-order valence-electron chi connectivity index (χ4n) is 1.98. The number of rotatable bonds is 4. The van der Waals surface area contributed by atoms with Crippen molar-refractivity contribution < 1.29 is 4.74 Å². The van der Waals surface area contributed by atoms with Gasteiger partial charge in [-0.15, -0.1) is 0 Å². The van der Waals surface area contributed by atoms with Gasteiger partial charge in [0.25, 0.3) is 0 Å². The van der Waals surface area contributed by atoms with E-state index >= 15 is 0 Å². The molecule has 2 atom stereocenters. The van der Waals surface area contributed by atoms with E-state index < -0.39 is 0 Å². The molecule has 96 valence electrons. The van der Waals surface area contributed by atoms with Crippen LogP contribution in [0.4, 0.5) is 0 Å². The zero-order chi connectivity index (χ0) is 13.0. The van der Waals surface area contributed by atoms with Crippen LogP contribution in [0.25, 0.3) is 0 Å². The van der Waals surface area contributed by atoms with Gasteiger partial charge in [-0.3, -0.25) is 5.32 Å². The molecule has 1 heterocycles. The maximum atomic E-state index is 9.18. The van der Waals surface area contributed by atoms with Crippen molar-refractivity contribution in [1.82, 2.24) is 5.32 Å². The van der Waals surface area contributed by atoms with Gasteiger partial charge in [-0.05, 0) is 30.5 Å². The van der Waals surface area contributed by atoms with Gasteiger partial charge in [0.1, 0.15) is 6.04 Å². The first-order valence-corrected chi connectivity index (χ1v) is 6.66. The van der Waals surface area contributed by atoms with E-state index in [2.05, 4.69) is 11.4 Å². The fraction of sp³-hybridized carbons (Fsp3) is 0.462. The molecule has 0 amide bonds. The summed E-state index contributed by atoms with van der Waals surface area (Å²) in [6.07, 6.45) is 2.35. The van der Waals surface area contributed by atoms with Crippen molar-refractivity contribution in [2.24, 2.45) is 0 Å². The molecule has 0 bridgehead atoms. The van der Waals surface area contributed by atoms with Crippen LogP contribution in [0.5, 0.6) is 0 Å². The first kappa shape index (κ1) is 13.6. The summed E-state index contributed by atoms with van der Waals surface area (Å²) in [5, 5.41) is 13.3. The average molecular weight is 285 g/mol. The van der Waals surface area contributed by atoms with Crippen molar-refractivity contribution in [3.8, 4) is 6.07 Å². The Balaban J connectivity index is 1.99. The molecule has 18 heavy (non-hydrogen) atoms. The molecule has 1 aliphatic rings. The largest absolute Gasteiger partial charge is 0.377 e. The lowest BCUT2D eigenvalue weighted by Gasteiger charge is -2.15. The Bertz CT molecular complexity index is 453. The standard InChI is InChI=1S/C13H14Cl2N2O/c14-11-4-3-9(6-12(11)15)13(7-16)17-8-10-2-1-5-18-10/h3-4,6,10,13,17H,1-2,5,8H2. The smallest absolute Gasteiger partial charge is 0.121 e. The van der Waals surface area contributed by atoms with Gasteiger partial charge < -0.3 is 4.74 Å². The number of halogens is 2. The number of hydrogen-bond donors (Lipinski definition) is 1. The van der Waals surface area contributed by atoms with Crippen LogP contribution in [0.3, 0.4) is 0 Å². The van der Waals surface area contributed by atoms with Crippen LogP contribution in [0, 0.1) is 11.3 Å². The Kier molecular flexibility index (Phi) is 4.85. The summed E-state index contributed by atoms with van der Waals surface area (Å²) in [7, 11) is 0. The zero-order valence-corrected chi connectivity index (χ0v) is 11.3. The van der Waals surface area contributed by atoms with E-state index in [1.54, 1.807) is 12.1 Å². The first-order valence-electron chi connectivity index (χ1n) is 5.90. The fourth-order valence-corrected chi connectivity index (χ4v) is 2.29. The summed E-state index contributed by atoms with van der Waals surface area (Å²) >= 11 is 11.8. The van der Waals surface area contributed by atoms with Gasteiger partial charge in [-0.2, -0.15) is 5.26 Å². The summed E-state index contributed by atoms with van der Waals surface area (Å²) < 4.78 is 5.51. The molecule has 1 aliphatic heterocycles. The summed E-state index contributed by atoms with van der Waals surface area (Å²) in [6, 6.07) is 7.07. The Labute approximate surface area is 117 Å². The second-order valence-corrected chi connectivity index (χ2v) is 5.09. The highest BCUT2D eigenvalue weighted by Crippen LogP contribution is 2.25. The van der Waals surface area contributed by atoms with E-state index in [4.69, 9.17) is 27.9 Å². The average Bonchev–Trinajstić information content (AvgIpc) is 2.87. The van der Waals surface area contributed by atoms with Crippen molar-refractivity contribution >= 4 is 23.2 Å². The quantitative estimate of drug-likeness (QED) is 0.923. The summed E-state index contributed by atoms with van der Waals surface area (Å²) in [5.41, 5.74) is 0.824. The van der Waals surface area contributed by atoms with Crippen molar-refractivity contribution in [2.75, 3.05) is 13.2 Å². The minimum absolute atomic E-state index is 0.212. The Hall–Kier alpha value is -0.790. The lowest BCUT2D eigenvalue weighted by molar-refractivity contribution is 0.109. The normalized spacial score (nSPS) is 20.6. The molecule has 2 unspecified atom stereocenters. The van der Waals surface area contributed by atoms with Crippen LogP contribution in [0.1, 0.15) is 24.4 Å². The number of hydrogen-bond acceptors (Lipinski definition) is 3. The molecular weight excluding hydrogens is 271 g/mol. The van der Waals surface area contributed by atoms with Crippen LogP contribution in [-0.4, -0.2) is 19.3 Å². The van der Waals surface area contributed by atoms with Gasteiger partial charge in [-0.25, -0.2) is 0 Å². The number of nitrogens with one attached hydrogen (secondary N) is 1. The minimum atomic E-state index is -0.385. The van der Waals surface area contributed by atoms with Crippen molar-refractivity contribution in [3.63, 3.8) is 0 Å². The van der Waals surface area contributed by atoms with E-state index in [1.807, 2.05) is 6.07 Å². The molecule has 0 saturated carbocycles. The molecule has 0 aliphatic carbocycles. The van der Waals surface area contributed by atoms with E-state index in [0.717, 1.165) is 25.0 Å². The van der Waals surface area contributed by atoms with E-state index in [0.29, 0.717) is 16.6 Å². The lowest BCUT2D eigenvalue weighted by atomic mass is 10.1. The van der Waals surface area contributed by atoms with Gasteiger partial charge in [0.2, 0.25) is 0 Å². The van der Waals surface area contributed by atoms with Crippen molar-refractivity contribution in [1.29, 1.82) is 5.26 Å². The summed E-state index contributed by atoms with van der Waals surface area (Å²) in [4.78, 5) is 0. The van der Waals surface area contributed by atoms with Crippen molar-refractivity contribution in [2.45, 2.75) is 25.0 Å². The predicted octanol–water partition coefficient (Wildman–Crippen LogP) is 3.33. The molecule has 1 saturated heterocycles. The van der Waals surface area contributed by atoms with Crippen molar-refractivity contribution in [3.05, 3.63) is 33.8 Å². The molecule has 0 radical (unpaired) electrons. The number of benzene rings is 1. The molecule has 1 fully saturated rings. The molecule has 5 heteroatoms. The van der Waals surface area contributed by atoms with Crippen LogP contribution < -0.4 is 5.32 Å². The highest BCUT2D eigenvalue weighted by molar-refractivity contribution is 6.42. The molecule has 0 aromatic heterocycles. The van der Waals surface area contributed by atoms with E-state index in [-0.39, 0.29) is 12.1 Å². The number of nitrogens with zero attached hydrogens (tertiary/aromatic N) is 1. The van der Waals surface area contributed by atoms with Gasteiger partial charge in [0, 0.05) is 13.2 Å². The predicted molar refractivity (Wildman–Crippen MR) is 71.8 cm³/mol. The van der Waals surface area contributed by atoms with Crippen LogP contribution >= 0.6 is 23.2 Å². The highest BCUT2D eigenvalue weighted by atomic mass is 35.5. The third kappa shape index (κ3) is 3.37. The monoisotopic (exact) mass is 284 g/mol. The Morgan fingerprint density at radius 3 is 2.89 bits per heavy atom. The SMILES string of the molecule is N#CC(NCC1CCCO1)c1ccc(Cl)c(Cl)c1. The minimum Gasteiger partial charge on any atom is -0.377 e. The number of nitriles is 1. The Morgan fingerprint density at radius 1 is 1.44 bits per heavy atom. The van der Waals surface area contributed by atoms with Gasteiger partial charge in [0.15, 0.2) is 0 Å². The third-order valence-corrected chi connectivity index (χ3v) is 3.72. The molecule has 1 N–H and O–H groups in total. The van der Waals surface area contributed by atoms with Crippen LogP contribution in [0.2, 0.25) is 10.0 Å². The number of ether oxygens (including phenoxy) is 1. The molecular formula is C13H14Cl2N2O. The van der Waals surface area contributed by atoms with Crippen LogP contribution in [0.15, 0.2) is 18.2 Å². The van der Waals surface area contributed by atoms with Gasteiger partial charge in [-0.1, -0.05) is 29.3 Å². The second-order valence-electron chi connectivity index (χ2n) is 4.28. The van der Waals surface area contributed by atoms with Crippen LogP contribution in [-0.2, 0) is 4.74 Å². The topological polar surface area (TPSA) is 45.0 Å². The van der Waals surface area contributed by atoms with E-state index in [9.17, 15) is 5.26 Å². The maximum absolute atomic E-state index is 9.18. The van der Waals surface area contributed by atoms with Gasteiger partial charge >= 0.3 is 0 Å². The summed E-state index contributed by atoms with van der Waals surface area (Å²) in [5.74, 6) is 0. The van der Waals surface area contributed by atoms with Gasteiger partial charge in [0.05, 0.1) is 22.2 Å². The molecule has 2 rings (SSSR count). The maximum Gasteiger partial charge on any atom is 0.121 e.